The van der Waals surface area contributed by atoms with Crippen molar-refractivity contribution in [2.75, 3.05) is 31.1 Å². The first-order valence-corrected chi connectivity index (χ1v) is 10.3. The van der Waals surface area contributed by atoms with Crippen molar-refractivity contribution in [3.8, 4) is 11.3 Å². The summed E-state index contributed by atoms with van der Waals surface area (Å²) >= 11 is 0. The highest BCUT2D eigenvalue weighted by Crippen LogP contribution is 2.26. The van der Waals surface area contributed by atoms with Gasteiger partial charge in [0.25, 0.3) is 0 Å². The summed E-state index contributed by atoms with van der Waals surface area (Å²) in [5.74, 6) is 0.621. The number of anilines is 1. The first-order valence-electron chi connectivity index (χ1n) is 10.3. The predicted molar refractivity (Wildman–Crippen MR) is 114 cm³/mol. The van der Waals surface area contributed by atoms with Crippen molar-refractivity contribution in [3.05, 3.63) is 66.6 Å². The van der Waals surface area contributed by atoms with Crippen LogP contribution >= 0.6 is 0 Å². The molecule has 0 saturated carbocycles. The molecule has 1 aromatic carbocycles. The van der Waals surface area contributed by atoms with Crippen LogP contribution in [0.15, 0.2) is 55.2 Å². The van der Waals surface area contributed by atoms with E-state index in [0.29, 0.717) is 0 Å². The predicted octanol–water partition coefficient (Wildman–Crippen LogP) is 3.07. The number of hydrogen-bond donors (Lipinski definition) is 0. The van der Waals surface area contributed by atoms with Gasteiger partial charge in [-0.3, -0.25) is 14.0 Å². The monoisotopic (exact) mass is 405 g/mol. The van der Waals surface area contributed by atoms with Gasteiger partial charge in [0.1, 0.15) is 5.82 Å². The zero-order chi connectivity index (χ0) is 20.5. The van der Waals surface area contributed by atoms with Gasteiger partial charge >= 0.3 is 0 Å². The summed E-state index contributed by atoms with van der Waals surface area (Å²) in [5, 5.41) is 4.36. The van der Waals surface area contributed by atoms with Crippen molar-refractivity contribution in [2.45, 2.75) is 20.0 Å². The van der Waals surface area contributed by atoms with Crippen LogP contribution in [0.3, 0.4) is 0 Å². The average Bonchev–Trinajstić information content (AvgIpc) is 3.41. The fourth-order valence-electron chi connectivity index (χ4n) is 4.03. The standard InChI is InChI=1S/C22H24FN7/c1-2-29-16-17(13-26-29)15-27-8-10-28(11-9-27)21-22-25-14-20(30(22)7-6-24-21)18-4-3-5-19(23)12-18/h3-7,12-14,16H,2,8-11,15H2,1H3. The molecule has 1 aliphatic heterocycles. The molecule has 0 aliphatic carbocycles. The van der Waals surface area contributed by atoms with E-state index < -0.39 is 0 Å². The minimum absolute atomic E-state index is 0.252. The van der Waals surface area contributed by atoms with Gasteiger partial charge < -0.3 is 4.90 Å². The molecule has 0 bridgehead atoms. The van der Waals surface area contributed by atoms with E-state index in [1.165, 1.54) is 17.7 Å². The number of nitrogens with zero attached hydrogens (tertiary/aromatic N) is 7. The van der Waals surface area contributed by atoms with E-state index in [1.807, 2.05) is 27.5 Å². The van der Waals surface area contributed by atoms with E-state index >= 15 is 0 Å². The number of piperazine rings is 1. The smallest absolute Gasteiger partial charge is 0.180 e. The number of hydrogen-bond acceptors (Lipinski definition) is 5. The molecule has 4 aromatic rings. The molecule has 30 heavy (non-hydrogen) atoms. The zero-order valence-electron chi connectivity index (χ0n) is 16.9. The van der Waals surface area contributed by atoms with Crippen molar-refractivity contribution >= 4 is 11.5 Å². The van der Waals surface area contributed by atoms with Crippen LogP contribution in [-0.2, 0) is 13.1 Å². The van der Waals surface area contributed by atoms with E-state index in [2.05, 4.69) is 38.0 Å². The number of rotatable bonds is 5. The van der Waals surface area contributed by atoms with Crippen LogP contribution in [0, 0.1) is 5.82 Å². The maximum absolute atomic E-state index is 13.7. The lowest BCUT2D eigenvalue weighted by atomic mass is 10.1. The van der Waals surface area contributed by atoms with Crippen molar-refractivity contribution < 1.29 is 4.39 Å². The van der Waals surface area contributed by atoms with Gasteiger partial charge in [-0.2, -0.15) is 5.10 Å². The third-order valence-electron chi connectivity index (χ3n) is 5.62. The van der Waals surface area contributed by atoms with Gasteiger partial charge in [0, 0.05) is 69.0 Å². The second-order valence-electron chi connectivity index (χ2n) is 7.57. The third kappa shape index (κ3) is 3.54. The fourth-order valence-corrected chi connectivity index (χ4v) is 4.03. The molecule has 154 valence electrons. The molecule has 0 N–H and O–H groups in total. The molecule has 0 amide bonds. The number of benzene rings is 1. The maximum atomic E-state index is 13.7. The second-order valence-corrected chi connectivity index (χ2v) is 7.57. The summed E-state index contributed by atoms with van der Waals surface area (Å²) in [5.41, 5.74) is 3.71. The Kier molecular flexibility index (Phi) is 4.92. The Hall–Kier alpha value is -3.26. The van der Waals surface area contributed by atoms with Gasteiger partial charge in [0.15, 0.2) is 11.5 Å². The molecule has 7 nitrogen and oxygen atoms in total. The molecular weight excluding hydrogens is 381 g/mol. The second kappa shape index (κ2) is 7.87. The summed E-state index contributed by atoms with van der Waals surface area (Å²) in [6.45, 7) is 7.59. The van der Waals surface area contributed by atoms with Crippen LogP contribution < -0.4 is 4.90 Å². The Morgan fingerprint density at radius 1 is 1.07 bits per heavy atom. The number of imidazole rings is 1. The van der Waals surface area contributed by atoms with E-state index in [-0.39, 0.29) is 5.82 Å². The minimum Gasteiger partial charge on any atom is -0.351 e. The van der Waals surface area contributed by atoms with Gasteiger partial charge in [-0.05, 0) is 19.1 Å². The highest BCUT2D eigenvalue weighted by atomic mass is 19.1. The van der Waals surface area contributed by atoms with E-state index in [9.17, 15) is 4.39 Å². The molecule has 0 spiro atoms. The molecule has 5 rings (SSSR count). The molecule has 8 heteroatoms. The van der Waals surface area contributed by atoms with Gasteiger partial charge in [-0.25, -0.2) is 14.4 Å². The Morgan fingerprint density at radius 3 is 2.70 bits per heavy atom. The Morgan fingerprint density at radius 2 is 1.93 bits per heavy atom. The highest BCUT2D eigenvalue weighted by Gasteiger charge is 2.22. The van der Waals surface area contributed by atoms with Gasteiger partial charge in [-0.1, -0.05) is 12.1 Å². The number of fused-ring (bicyclic) bond motifs is 1. The molecule has 0 unspecified atom stereocenters. The molecular formula is C22H24FN7. The third-order valence-corrected chi connectivity index (χ3v) is 5.62. The quantitative estimate of drug-likeness (QED) is 0.511. The summed E-state index contributed by atoms with van der Waals surface area (Å²) < 4.78 is 17.6. The van der Waals surface area contributed by atoms with Crippen molar-refractivity contribution in [2.24, 2.45) is 0 Å². The molecule has 3 aromatic heterocycles. The van der Waals surface area contributed by atoms with E-state index in [4.69, 9.17) is 0 Å². The lowest BCUT2D eigenvalue weighted by molar-refractivity contribution is 0.249. The van der Waals surface area contributed by atoms with Crippen LogP contribution in [-0.4, -0.2) is 55.2 Å². The van der Waals surface area contributed by atoms with Crippen LogP contribution in [0.1, 0.15) is 12.5 Å². The van der Waals surface area contributed by atoms with Gasteiger partial charge in [-0.15, -0.1) is 0 Å². The lowest BCUT2D eigenvalue weighted by Crippen LogP contribution is -2.46. The van der Waals surface area contributed by atoms with Gasteiger partial charge in [0.2, 0.25) is 0 Å². The molecule has 0 radical (unpaired) electrons. The highest BCUT2D eigenvalue weighted by molar-refractivity contribution is 5.71. The Labute approximate surface area is 174 Å². The van der Waals surface area contributed by atoms with Crippen molar-refractivity contribution in [1.82, 2.24) is 29.0 Å². The molecule has 1 aliphatic rings. The number of aromatic nitrogens is 5. The van der Waals surface area contributed by atoms with Crippen LogP contribution in [0.5, 0.6) is 0 Å². The molecule has 1 saturated heterocycles. The Balaban J connectivity index is 1.33. The lowest BCUT2D eigenvalue weighted by Gasteiger charge is -2.35. The van der Waals surface area contributed by atoms with E-state index in [0.717, 1.165) is 62.0 Å². The summed E-state index contributed by atoms with van der Waals surface area (Å²) in [7, 11) is 0. The molecule has 0 atom stereocenters. The van der Waals surface area contributed by atoms with Crippen LogP contribution in [0.4, 0.5) is 10.2 Å². The number of halogens is 1. The SMILES string of the molecule is CCn1cc(CN2CCN(c3nccn4c(-c5cccc(F)c5)cnc34)CC2)cn1. The van der Waals surface area contributed by atoms with Crippen LogP contribution in [0.2, 0.25) is 0 Å². The zero-order valence-corrected chi connectivity index (χ0v) is 16.9. The minimum atomic E-state index is -0.252. The average molecular weight is 405 g/mol. The molecule has 1 fully saturated rings. The summed E-state index contributed by atoms with van der Waals surface area (Å²) in [6, 6.07) is 6.59. The first kappa shape index (κ1) is 18.7. The Bertz CT molecular complexity index is 1160. The topological polar surface area (TPSA) is 54.5 Å². The maximum Gasteiger partial charge on any atom is 0.180 e. The normalized spacial score (nSPS) is 15.2. The van der Waals surface area contributed by atoms with Crippen molar-refractivity contribution in [3.63, 3.8) is 0 Å². The van der Waals surface area contributed by atoms with E-state index in [1.54, 1.807) is 18.5 Å². The number of aryl methyl sites for hydroxylation is 1. The fraction of sp³-hybridized carbons (Fsp3) is 0.318. The summed E-state index contributed by atoms with van der Waals surface area (Å²) in [4.78, 5) is 13.9. The van der Waals surface area contributed by atoms with Crippen molar-refractivity contribution in [1.29, 1.82) is 0 Å². The van der Waals surface area contributed by atoms with Crippen LogP contribution in [0.25, 0.3) is 16.9 Å². The summed E-state index contributed by atoms with van der Waals surface area (Å²) in [6.07, 6.45) is 9.53. The largest absolute Gasteiger partial charge is 0.351 e. The first-order chi connectivity index (χ1) is 14.7. The van der Waals surface area contributed by atoms with Gasteiger partial charge in [0.05, 0.1) is 18.1 Å². The molecule has 4 heterocycles.